The van der Waals surface area contributed by atoms with Crippen LogP contribution in [0, 0.1) is 11.7 Å². The van der Waals surface area contributed by atoms with E-state index in [1.54, 1.807) is 0 Å². The van der Waals surface area contributed by atoms with E-state index in [0.717, 1.165) is 31.7 Å². The van der Waals surface area contributed by atoms with E-state index >= 15 is 0 Å². The van der Waals surface area contributed by atoms with Crippen LogP contribution in [0.1, 0.15) is 39.5 Å². The zero-order chi connectivity index (χ0) is 13.5. The van der Waals surface area contributed by atoms with E-state index in [2.05, 4.69) is 12.2 Å². The van der Waals surface area contributed by atoms with Gasteiger partial charge in [-0.15, -0.1) is 0 Å². The highest BCUT2D eigenvalue weighted by molar-refractivity contribution is 5.92. The fraction of sp³-hybridized carbons (Fsp3) is 0.500. The molecule has 4 heteroatoms. The molecule has 1 aromatic carbocycles. The van der Waals surface area contributed by atoms with Crippen molar-refractivity contribution in [2.45, 2.75) is 39.5 Å². The van der Waals surface area contributed by atoms with Crippen LogP contribution in [0.4, 0.5) is 10.1 Å². The van der Waals surface area contributed by atoms with Crippen molar-refractivity contribution in [1.29, 1.82) is 0 Å². The Balaban J connectivity index is 2.67. The number of nitrogens with one attached hydrogen (secondary N) is 1. The number of carbonyl (C=O) groups excluding carboxylic acids is 1. The van der Waals surface area contributed by atoms with Crippen LogP contribution in [0.15, 0.2) is 18.2 Å². The molecule has 100 valence electrons. The lowest BCUT2D eigenvalue weighted by molar-refractivity contribution is -0.120. The van der Waals surface area contributed by atoms with Gasteiger partial charge in [0.2, 0.25) is 5.91 Å². The number of phenolic OH excluding ortho intramolecular Hbond substituents is 1. The first kappa shape index (κ1) is 14.5. The highest BCUT2D eigenvalue weighted by atomic mass is 19.1. The number of unbranched alkanes of at least 4 members (excludes halogenated alkanes) is 1. The summed E-state index contributed by atoms with van der Waals surface area (Å²) >= 11 is 0. The lowest BCUT2D eigenvalue weighted by Gasteiger charge is -2.15. The molecular weight excluding hydrogens is 233 g/mol. The zero-order valence-electron chi connectivity index (χ0n) is 10.9. The van der Waals surface area contributed by atoms with Crippen LogP contribution in [0.25, 0.3) is 0 Å². The van der Waals surface area contributed by atoms with Gasteiger partial charge in [-0.3, -0.25) is 4.79 Å². The maximum atomic E-state index is 13.5. The molecule has 0 aliphatic heterocycles. The third-order valence-electron chi connectivity index (χ3n) is 2.98. The molecule has 0 aliphatic carbocycles. The van der Waals surface area contributed by atoms with Crippen LogP contribution < -0.4 is 5.32 Å². The molecule has 1 atom stereocenters. The summed E-state index contributed by atoms with van der Waals surface area (Å²) in [4.78, 5) is 11.9. The molecule has 1 unspecified atom stereocenters. The van der Waals surface area contributed by atoms with E-state index in [-0.39, 0.29) is 23.3 Å². The second-order valence-electron chi connectivity index (χ2n) is 4.40. The highest BCUT2D eigenvalue weighted by Crippen LogP contribution is 2.21. The molecule has 0 saturated carbocycles. The Kier molecular flexibility index (Phi) is 5.62. The van der Waals surface area contributed by atoms with Gasteiger partial charge < -0.3 is 10.4 Å². The zero-order valence-corrected chi connectivity index (χ0v) is 10.9. The van der Waals surface area contributed by atoms with Gasteiger partial charge in [0.05, 0.1) is 5.69 Å². The van der Waals surface area contributed by atoms with Crippen LogP contribution in [0.3, 0.4) is 0 Å². The minimum absolute atomic E-state index is 0.0850. The molecular formula is C14H20FNO2. The van der Waals surface area contributed by atoms with Gasteiger partial charge in [0.1, 0.15) is 11.6 Å². The van der Waals surface area contributed by atoms with Crippen molar-refractivity contribution >= 4 is 11.6 Å². The number of carbonyl (C=O) groups is 1. The summed E-state index contributed by atoms with van der Waals surface area (Å²) in [5.41, 5.74) is 0.118. The van der Waals surface area contributed by atoms with Crippen LogP contribution in [0.2, 0.25) is 0 Å². The topological polar surface area (TPSA) is 49.3 Å². The Morgan fingerprint density at radius 1 is 1.44 bits per heavy atom. The van der Waals surface area contributed by atoms with Crippen molar-refractivity contribution in [3.05, 3.63) is 24.0 Å². The van der Waals surface area contributed by atoms with Crippen molar-refractivity contribution in [1.82, 2.24) is 0 Å². The second kappa shape index (κ2) is 6.99. The van der Waals surface area contributed by atoms with Crippen molar-refractivity contribution in [2.75, 3.05) is 5.32 Å². The Morgan fingerprint density at radius 2 is 2.17 bits per heavy atom. The van der Waals surface area contributed by atoms with Crippen LogP contribution in [-0.4, -0.2) is 11.0 Å². The smallest absolute Gasteiger partial charge is 0.227 e. The Hall–Kier alpha value is -1.58. The molecule has 1 rings (SSSR count). The molecule has 2 N–H and O–H groups in total. The SMILES string of the molecule is CCCCC(CC)C(=O)Nc1ccc(O)cc1F. The van der Waals surface area contributed by atoms with E-state index in [9.17, 15) is 9.18 Å². The molecule has 0 spiro atoms. The van der Waals surface area contributed by atoms with E-state index < -0.39 is 5.82 Å². The largest absolute Gasteiger partial charge is 0.508 e. The van der Waals surface area contributed by atoms with E-state index in [1.807, 2.05) is 6.92 Å². The maximum absolute atomic E-state index is 13.5. The summed E-state index contributed by atoms with van der Waals surface area (Å²) in [5, 5.41) is 11.7. The Bertz CT molecular complexity index is 407. The normalized spacial score (nSPS) is 12.2. The van der Waals surface area contributed by atoms with Gasteiger partial charge >= 0.3 is 0 Å². The average molecular weight is 253 g/mol. The Labute approximate surface area is 107 Å². The van der Waals surface area contributed by atoms with Crippen molar-refractivity contribution in [3.8, 4) is 5.75 Å². The van der Waals surface area contributed by atoms with Gasteiger partial charge in [-0.1, -0.05) is 26.7 Å². The Morgan fingerprint density at radius 3 is 2.72 bits per heavy atom. The molecule has 3 nitrogen and oxygen atoms in total. The van der Waals surface area contributed by atoms with Crippen molar-refractivity contribution < 1.29 is 14.3 Å². The van der Waals surface area contributed by atoms with Crippen LogP contribution in [-0.2, 0) is 4.79 Å². The summed E-state index contributed by atoms with van der Waals surface area (Å²) in [6.45, 7) is 4.03. The number of hydrogen-bond donors (Lipinski definition) is 2. The number of rotatable bonds is 6. The number of aromatic hydroxyl groups is 1. The van der Waals surface area contributed by atoms with Gasteiger partial charge in [-0.2, -0.15) is 0 Å². The minimum Gasteiger partial charge on any atom is -0.508 e. The summed E-state index contributed by atoms with van der Waals surface area (Å²) in [6.07, 6.45) is 3.59. The summed E-state index contributed by atoms with van der Waals surface area (Å²) in [7, 11) is 0. The molecule has 0 saturated heterocycles. The number of phenols is 1. The predicted molar refractivity (Wildman–Crippen MR) is 70.0 cm³/mol. The van der Waals surface area contributed by atoms with Crippen molar-refractivity contribution in [3.63, 3.8) is 0 Å². The summed E-state index contributed by atoms with van der Waals surface area (Å²) in [6, 6.07) is 3.71. The molecule has 0 bridgehead atoms. The summed E-state index contributed by atoms with van der Waals surface area (Å²) in [5.74, 6) is -1.01. The van der Waals surface area contributed by atoms with Gasteiger partial charge in [0, 0.05) is 12.0 Å². The predicted octanol–water partition coefficient (Wildman–Crippen LogP) is 3.69. The monoisotopic (exact) mass is 253 g/mol. The first-order valence-corrected chi connectivity index (χ1v) is 6.37. The molecule has 0 fully saturated rings. The molecule has 1 amide bonds. The maximum Gasteiger partial charge on any atom is 0.227 e. The fourth-order valence-corrected chi connectivity index (χ4v) is 1.81. The average Bonchev–Trinajstić information content (AvgIpc) is 2.34. The number of anilines is 1. The lowest BCUT2D eigenvalue weighted by atomic mass is 9.98. The number of benzene rings is 1. The minimum atomic E-state index is -0.617. The first-order valence-electron chi connectivity index (χ1n) is 6.37. The quantitative estimate of drug-likeness (QED) is 0.760. The number of halogens is 1. The van der Waals surface area contributed by atoms with Gasteiger partial charge in [-0.05, 0) is 25.0 Å². The highest BCUT2D eigenvalue weighted by Gasteiger charge is 2.17. The number of hydrogen-bond acceptors (Lipinski definition) is 2. The third kappa shape index (κ3) is 4.02. The van der Waals surface area contributed by atoms with Crippen LogP contribution in [0.5, 0.6) is 5.75 Å². The lowest BCUT2D eigenvalue weighted by Crippen LogP contribution is -2.22. The molecule has 0 radical (unpaired) electrons. The standard InChI is InChI=1S/C14H20FNO2/c1-3-5-6-10(4-2)14(18)16-13-8-7-11(17)9-12(13)15/h7-10,17H,3-6H2,1-2H3,(H,16,18). The molecule has 0 aliphatic rings. The molecule has 1 aromatic rings. The van der Waals surface area contributed by atoms with E-state index in [0.29, 0.717) is 0 Å². The summed E-state index contributed by atoms with van der Waals surface area (Å²) < 4.78 is 13.5. The van der Waals surface area contributed by atoms with Crippen LogP contribution >= 0.6 is 0 Å². The molecule has 0 aromatic heterocycles. The molecule has 18 heavy (non-hydrogen) atoms. The molecule has 0 heterocycles. The van der Waals surface area contributed by atoms with Gasteiger partial charge in [0.15, 0.2) is 0 Å². The second-order valence-corrected chi connectivity index (χ2v) is 4.40. The van der Waals surface area contributed by atoms with Crippen molar-refractivity contribution in [2.24, 2.45) is 5.92 Å². The van der Waals surface area contributed by atoms with E-state index in [4.69, 9.17) is 5.11 Å². The third-order valence-corrected chi connectivity index (χ3v) is 2.98. The van der Waals surface area contributed by atoms with E-state index in [1.165, 1.54) is 12.1 Å². The van der Waals surface area contributed by atoms with Gasteiger partial charge in [0.25, 0.3) is 0 Å². The van der Waals surface area contributed by atoms with Gasteiger partial charge in [-0.25, -0.2) is 4.39 Å². The fourth-order valence-electron chi connectivity index (χ4n) is 1.81. The number of amides is 1. The first-order chi connectivity index (χ1) is 8.58.